The minimum absolute atomic E-state index is 0.982. The van der Waals surface area contributed by atoms with E-state index < -0.39 is 0 Å². The third kappa shape index (κ3) is 23.5. The first kappa shape index (κ1) is 24.5. The Morgan fingerprint density at radius 3 is 1.04 bits per heavy atom. The maximum absolute atomic E-state index is 8.42. The van der Waals surface area contributed by atoms with Gasteiger partial charge in [0.25, 0.3) is 0 Å². The molecule has 0 atom stereocenters. The van der Waals surface area contributed by atoms with E-state index in [0.29, 0.717) is 0 Å². The van der Waals surface area contributed by atoms with Crippen LogP contribution < -0.4 is 0 Å². The van der Waals surface area contributed by atoms with Gasteiger partial charge in [0, 0.05) is 0 Å². The molecule has 0 rings (SSSR count). The first-order chi connectivity index (χ1) is 12.4. The summed E-state index contributed by atoms with van der Waals surface area (Å²) >= 11 is 0. The number of hydrogen-bond acceptors (Lipinski definition) is 1. The van der Waals surface area contributed by atoms with Crippen molar-refractivity contribution in [2.75, 3.05) is 0 Å². The molecule has 0 aliphatic carbocycles. The lowest BCUT2D eigenvalue weighted by Gasteiger charge is -2.04. The maximum atomic E-state index is 8.42. The van der Waals surface area contributed by atoms with E-state index in [4.69, 9.17) is 5.11 Å². The molecule has 0 heterocycles. The largest absolute Gasteiger partial charge is 0.504 e. The van der Waals surface area contributed by atoms with Gasteiger partial charge in [-0.2, -0.15) is 0 Å². The SMILES string of the molecule is CCCCCCCCCCCCCCCCCCCCCC/C=[C]\O. The molecule has 149 valence electrons. The van der Waals surface area contributed by atoms with Gasteiger partial charge in [0.15, 0.2) is 6.26 Å². The number of hydrogen-bond donors (Lipinski definition) is 1. The van der Waals surface area contributed by atoms with Gasteiger partial charge in [-0.05, 0) is 18.9 Å². The minimum atomic E-state index is 0.982. The molecule has 0 aromatic rings. The highest BCUT2D eigenvalue weighted by atomic mass is 16.2. The van der Waals surface area contributed by atoms with E-state index in [1.807, 2.05) is 0 Å². The first-order valence-corrected chi connectivity index (χ1v) is 11.6. The Morgan fingerprint density at radius 1 is 0.480 bits per heavy atom. The van der Waals surface area contributed by atoms with Crippen molar-refractivity contribution in [3.8, 4) is 0 Å². The van der Waals surface area contributed by atoms with Crippen LogP contribution >= 0.6 is 0 Å². The minimum Gasteiger partial charge on any atom is -0.504 e. The van der Waals surface area contributed by atoms with E-state index >= 15 is 0 Å². The van der Waals surface area contributed by atoms with Crippen LogP contribution in [0.4, 0.5) is 0 Å². The lowest BCUT2D eigenvalue weighted by molar-refractivity contribution is 0.438. The van der Waals surface area contributed by atoms with Gasteiger partial charge in [-0.1, -0.05) is 129 Å². The van der Waals surface area contributed by atoms with E-state index in [2.05, 4.69) is 13.2 Å². The molecule has 0 bridgehead atoms. The van der Waals surface area contributed by atoms with Crippen molar-refractivity contribution < 1.29 is 5.11 Å². The van der Waals surface area contributed by atoms with Crippen molar-refractivity contribution in [2.45, 2.75) is 142 Å². The molecule has 0 saturated heterocycles. The van der Waals surface area contributed by atoms with Crippen molar-refractivity contribution in [1.29, 1.82) is 0 Å². The van der Waals surface area contributed by atoms with Crippen molar-refractivity contribution in [3.63, 3.8) is 0 Å². The molecule has 0 fully saturated rings. The molecule has 1 heteroatoms. The van der Waals surface area contributed by atoms with Crippen molar-refractivity contribution >= 4 is 0 Å². The zero-order valence-corrected chi connectivity index (χ0v) is 17.4. The zero-order valence-electron chi connectivity index (χ0n) is 17.4. The average molecular weight is 352 g/mol. The summed E-state index contributed by atoms with van der Waals surface area (Å²) in [5.74, 6) is 0. The third-order valence-corrected chi connectivity index (χ3v) is 5.29. The van der Waals surface area contributed by atoms with Crippen LogP contribution in [0.25, 0.3) is 0 Å². The number of aliphatic hydroxyl groups is 1. The number of unbranched alkanes of at least 4 members (excludes halogenated alkanes) is 20. The molecular formula is C24H47O. The fourth-order valence-electron chi connectivity index (χ4n) is 3.57. The molecule has 0 aliphatic heterocycles. The lowest BCUT2D eigenvalue weighted by Crippen LogP contribution is -1.84. The molecule has 1 radical (unpaired) electrons. The van der Waals surface area contributed by atoms with Gasteiger partial charge in [0.1, 0.15) is 0 Å². The average Bonchev–Trinajstić information content (AvgIpc) is 2.63. The van der Waals surface area contributed by atoms with Gasteiger partial charge in [-0.3, -0.25) is 0 Å². The van der Waals surface area contributed by atoms with E-state index in [0.717, 1.165) is 6.42 Å². The fraction of sp³-hybridized carbons (Fsp3) is 0.917. The summed E-state index contributed by atoms with van der Waals surface area (Å²) in [5, 5.41) is 8.42. The summed E-state index contributed by atoms with van der Waals surface area (Å²) in [7, 11) is 0. The van der Waals surface area contributed by atoms with Crippen LogP contribution in [0, 0.1) is 6.26 Å². The quantitative estimate of drug-likeness (QED) is 0.161. The summed E-state index contributed by atoms with van der Waals surface area (Å²) < 4.78 is 0. The van der Waals surface area contributed by atoms with Crippen molar-refractivity contribution in [1.82, 2.24) is 0 Å². The highest BCUT2D eigenvalue weighted by Crippen LogP contribution is 2.14. The zero-order chi connectivity index (χ0) is 18.3. The Kier molecular flexibility index (Phi) is 23.1. The number of rotatable bonds is 21. The highest BCUT2D eigenvalue weighted by molar-refractivity contribution is 4.65. The number of allylic oxidation sites excluding steroid dienone is 1. The summed E-state index contributed by atoms with van der Waals surface area (Å²) in [6.45, 7) is 2.29. The molecular weight excluding hydrogens is 304 g/mol. The van der Waals surface area contributed by atoms with E-state index in [1.54, 1.807) is 6.08 Å². The molecule has 0 spiro atoms. The third-order valence-electron chi connectivity index (χ3n) is 5.29. The Balaban J connectivity index is 2.96. The van der Waals surface area contributed by atoms with Gasteiger partial charge in [-0.15, -0.1) is 0 Å². The topological polar surface area (TPSA) is 20.2 Å². The molecule has 0 unspecified atom stereocenters. The molecule has 1 nitrogen and oxygen atoms in total. The molecule has 25 heavy (non-hydrogen) atoms. The van der Waals surface area contributed by atoms with E-state index in [1.165, 1.54) is 128 Å². The Hall–Kier alpha value is -0.460. The van der Waals surface area contributed by atoms with Gasteiger partial charge in [0.05, 0.1) is 0 Å². The van der Waals surface area contributed by atoms with E-state index in [-0.39, 0.29) is 0 Å². The lowest BCUT2D eigenvalue weighted by atomic mass is 10.0. The fourth-order valence-corrected chi connectivity index (χ4v) is 3.57. The van der Waals surface area contributed by atoms with Crippen molar-refractivity contribution in [2.24, 2.45) is 0 Å². The second-order valence-corrected chi connectivity index (χ2v) is 7.84. The molecule has 0 saturated carbocycles. The second kappa shape index (κ2) is 23.5. The van der Waals surface area contributed by atoms with Crippen LogP contribution in [0.5, 0.6) is 0 Å². The van der Waals surface area contributed by atoms with Crippen LogP contribution in [-0.4, -0.2) is 5.11 Å². The maximum Gasteiger partial charge on any atom is 0.152 e. The molecule has 0 amide bonds. The van der Waals surface area contributed by atoms with Gasteiger partial charge < -0.3 is 5.11 Å². The number of aliphatic hydroxyl groups excluding tert-OH is 1. The standard InChI is InChI=1S/C24H47O/c1-2-3-4-5-6-7-8-9-10-11-12-13-14-15-16-17-18-19-20-21-22-23-24-25/h23,25H,2-22H2,1H3. The summed E-state index contributed by atoms with van der Waals surface area (Å²) in [6.07, 6.45) is 33.3. The van der Waals surface area contributed by atoms with Crippen LogP contribution in [0.2, 0.25) is 0 Å². The predicted octanol–water partition coefficient (Wildman–Crippen LogP) is 9.07. The summed E-state index contributed by atoms with van der Waals surface area (Å²) in [5.41, 5.74) is 0. The van der Waals surface area contributed by atoms with Gasteiger partial charge in [-0.25, -0.2) is 0 Å². The predicted molar refractivity (Wildman–Crippen MR) is 113 cm³/mol. The first-order valence-electron chi connectivity index (χ1n) is 11.6. The summed E-state index contributed by atoms with van der Waals surface area (Å²) in [4.78, 5) is 0. The Morgan fingerprint density at radius 2 is 0.760 bits per heavy atom. The van der Waals surface area contributed by atoms with Crippen LogP contribution in [0.15, 0.2) is 6.08 Å². The van der Waals surface area contributed by atoms with Crippen LogP contribution in [-0.2, 0) is 0 Å². The summed E-state index contributed by atoms with van der Waals surface area (Å²) in [6, 6.07) is 0. The molecule has 0 aliphatic rings. The molecule has 0 aromatic heterocycles. The molecule has 1 N–H and O–H groups in total. The van der Waals surface area contributed by atoms with Crippen molar-refractivity contribution in [3.05, 3.63) is 12.3 Å². The van der Waals surface area contributed by atoms with Crippen LogP contribution in [0.3, 0.4) is 0 Å². The van der Waals surface area contributed by atoms with E-state index in [9.17, 15) is 0 Å². The highest BCUT2D eigenvalue weighted by Gasteiger charge is 1.95. The smallest absolute Gasteiger partial charge is 0.152 e. The monoisotopic (exact) mass is 351 g/mol. The Labute approximate surface area is 159 Å². The Bertz CT molecular complexity index is 246. The second-order valence-electron chi connectivity index (χ2n) is 7.84. The van der Waals surface area contributed by atoms with Crippen LogP contribution in [0.1, 0.15) is 142 Å². The molecule has 0 aromatic carbocycles. The normalized spacial score (nSPS) is 11.6. The van der Waals surface area contributed by atoms with Gasteiger partial charge in [0.2, 0.25) is 0 Å². The van der Waals surface area contributed by atoms with Gasteiger partial charge >= 0.3 is 0 Å².